The lowest BCUT2D eigenvalue weighted by Crippen LogP contribution is -2.22. The minimum atomic E-state index is 0.683. The van der Waals surface area contributed by atoms with Crippen LogP contribution in [0.2, 0.25) is 0 Å². The average molecular weight is 313 g/mol. The molecule has 4 heteroatoms. The molecular formula is C19H27N3O. The minimum Gasteiger partial charge on any atom is -0.492 e. The van der Waals surface area contributed by atoms with E-state index >= 15 is 0 Å². The standard InChI is InChI=1S/C19H27N3O/c1-4-22(5-2)18-8-7-17(13-19(18)23-6-3)15-21-14-16-9-11-20-12-10-16/h7-13,21H,4-6,14-15H2,1-3H3. The van der Waals surface area contributed by atoms with Crippen LogP contribution >= 0.6 is 0 Å². The zero-order valence-electron chi connectivity index (χ0n) is 14.4. The highest BCUT2D eigenvalue weighted by Gasteiger charge is 2.10. The van der Waals surface area contributed by atoms with E-state index in [1.807, 2.05) is 31.5 Å². The van der Waals surface area contributed by atoms with Crippen LogP contribution in [0.1, 0.15) is 31.9 Å². The van der Waals surface area contributed by atoms with E-state index in [0.29, 0.717) is 6.61 Å². The van der Waals surface area contributed by atoms with Crippen LogP contribution in [0.25, 0.3) is 0 Å². The van der Waals surface area contributed by atoms with Crippen molar-refractivity contribution in [3.05, 3.63) is 53.9 Å². The fraction of sp³-hybridized carbons (Fsp3) is 0.421. The maximum atomic E-state index is 5.85. The summed E-state index contributed by atoms with van der Waals surface area (Å²) in [4.78, 5) is 6.36. The first-order valence-electron chi connectivity index (χ1n) is 8.38. The van der Waals surface area contributed by atoms with Gasteiger partial charge in [-0.2, -0.15) is 0 Å². The van der Waals surface area contributed by atoms with Gasteiger partial charge < -0.3 is 15.0 Å². The van der Waals surface area contributed by atoms with Crippen LogP contribution < -0.4 is 15.0 Å². The van der Waals surface area contributed by atoms with Gasteiger partial charge >= 0.3 is 0 Å². The number of nitrogens with zero attached hydrogens (tertiary/aromatic N) is 2. The van der Waals surface area contributed by atoms with Gasteiger partial charge in [-0.25, -0.2) is 0 Å². The van der Waals surface area contributed by atoms with E-state index < -0.39 is 0 Å². The van der Waals surface area contributed by atoms with Gasteiger partial charge in [0.1, 0.15) is 5.75 Å². The van der Waals surface area contributed by atoms with E-state index in [1.54, 1.807) is 0 Å². The number of ether oxygens (including phenoxy) is 1. The third-order valence-corrected chi connectivity index (χ3v) is 3.84. The van der Waals surface area contributed by atoms with Gasteiger partial charge in [-0.15, -0.1) is 0 Å². The molecule has 0 spiro atoms. The van der Waals surface area contributed by atoms with Gasteiger partial charge in [0.25, 0.3) is 0 Å². The number of aromatic nitrogens is 1. The molecule has 0 radical (unpaired) electrons. The first-order chi connectivity index (χ1) is 11.3. The third kappa shape index (κ3) is 4.96. The van der Waals surface area contributed by atoms with E-state index in [9.17, 15) is 0 Å². The van der Waals surface area contributed by atoms with Crippen molar-refractivity contribution in [2.75, 3.05) is 24.6 Å². The molecule has 2 rings (SSSR count). The predicted octanol–water partition coefficient (Wildman–Crippen LogP) is 3.62. The van der Waals surface area contributed by atoms with Crippen molar-refractivity contribution in [3.63, 3.8) is 0 Å². The Morgan fingerprint density at radius 3 is 2.30 bits per heavy atom. The Bertz CT molecular complexity index is 582. The Labute approximate surface area is 139 Å². The Kier molecular flexibility index (Phi) is 6.88. The molecule has 1 aromatic heterocycles. The molecule has 4 nitrogen and oxygen atoms in total. The lowest BCUT2D eigenvalue weighted by molar-refractivity contribution is 0.340. The highest BCUT2D eigenvalue weighted by Crippen LogP contribution is 2.29. The van der Waals surface area contributed by atoms with Gasteiger partial charge in [-0.1, -0.05) is 6.07 Å². The second-order valence-electron chi connectivity index (χ2n) is 5.37. The Morgan fingerprint density at radius 2 is 1.65 bits per heavy atom. The number of hydrogen-bond donors (Lipinski definition) is 1. The summed E-state index contributed by atoms with van der Waals surface area (Å²) in [6.07, 6.45) is 3.65. The monoisotopic (exact) mass is 313 g/mol. The molecule has 0 atom stereocenters. The van der Waals surface area contributed by atoms with Gasteiger partial charge in [0.2, 0.25) is 0 Å². The molecule has 1 aromatic carbocycles. The summed E-state index contributed by atoms with van der Waals surface area (Å²) >= 11 is 0. The summed E-state index contributed by atoms with van der Waals surface area (Å²) < 4.78 is 5.85. The largest absolute Gasteiger partial charge is 0.492 e. The van der Waals surface area contributed by atoms with Crippen molar-refractivity contribution < 1.29 is 4.74 Å². The van der Waals surface area contributed by atoms with Gasteiger partial charge in [0.05, 0.1) is 12.3 Å². The number of hydrogen-bond acceptors (Lipinski definition) is 4. The number of rotatable bonds is 9. The Hall–Kier alpha value is -2.07. The summed E-state index contributed by atoms with van der Waals surface area (Å²) in [5, 5.41) is 3.47. The van der Waals surface area contributed by atoms with Crippen molar-refractivity contribution in [2.24, 2.45) is 0 Å². The SMILES string of the molecule is CCOc1cc(CNCc2ccncc2)ccc1N(CC)CC. The predicted molar refractivity (Wildman–Crippen MR) is 96.0 cm³/mol. The van der Waals surface area contributed by atoms with E-state index in [-0.39, 0.29) is 0 Å². The van der Waals surface area contributed by atoms with Crippen molar-refractivity contribution in [1.29, 1.82) is 0 Å². The molecule has 0 saturated heterocycles. The molecular weight excluding hydrogens is 286 g/mol. The minimum absolute atomic E-state index is 0.683. The van der Waals surface area contributed by atoms with Crippen LogP contribution in [0.3, 0.4) is 0 Å². The van der Waals surface area contributed by atoms with Crippen LogP contribution in [0.15, 0.2) is 42.7 Å². The first-order valence-corrected chi connectivity index (χ1v) is 8.38. The molecule has 2 aromatic rings. The number of pyridine rings is 1. The number of benzene rings is 1. The Balaban J connectivity index is 2.03. The van der Waals surface area contributed by atoms with E-state index in [4.69, 9.17) is 4.74 Å². The van der Waals surface area contributed by atoms with Gasteiger partial charge in [0.15, 0.2) is 0 Å². The maximum Gasteiger partial charge on any atom is 0.142 e. The van der Waals surface area contributed by atoms with E-state index in [2.05, 4.69) is 47.2 Å². The molecule has 0 aliphatic carbocycles. The highest BCUT2D eigenvalue weighted by atomic mass is 16.5. The molecule has 0 unspecified atom stereocenters. The van der Waals surface area contributed by atoms with Crippen molar-refractivity contribution >= 4 is 5.69 Å². The fourth-order valence-corrected chi connectivity index (χ4v) is 2.62. The molecule has 1 heterocycles. The molecule has 0 aliphatic rings. The van der Waals surface area contributed by atoms with Crippen LogP contribution in [0.5, 0.6) is 5.75 Å². The summed E-state index contributed by atoms with van der Waals surface area (Å²) in [5.41, 5.74) is 3.65. The Morgan fingerprint density at radius 1 is 0.957 bits per heavy atom. The van der Waals surface area contributed by atoms with Crippen LogP contribution in [0, 0.1) is 0 Å². The smallest absolute Gasteiger partial charge is 0.142 e. The molecule has 0 saturated carbocycles. The summed E-state index contributed by atoms with van der Waals surface area (Å²) in [5.74, 6) is 0.972. The summed E-state index contributed by atoms with van der Waals surface area (Å²) in [7, 11) is 0. The lowest BCUT2D eigenvalue weighted by Gasteiger charge is -2.24. The molecule has 0 aliphatic heterocycles. The van der Waals surface area contributed by atoms with Crippen molar-refractivity contribution in [1.82, 2.24) is 10.3 Å². The quantitative estimate of drug-likeness (QED) is 0.767. The molecule has 23 heavy (non-hydrogen) atoms. The maximum absolute atomic E-state index is 5.85. The molecule has 0 bridgehead atoms. The van der Waals surface area contributed by atoms with Crippen molar-refractivity contribution in [2.45, 2.75) is 33.9 Å². The fourth-order valence-electron chi connectivity index (χ4n) is 2.62. The van der Waals surface area contributed by atoms with Gasteiger partial charge in [-0.3, -0.25) is 4.98 Å². The van der Waals surface area contributed by atoms with Gasteiger partial charge in [0, 0.05) is 38.6 Å². The number of anilines is 1. The summed E-state index contributed by atoms with van der Waals surface area (Å²) in [6.45, 7) is 10.7. The van der Waals surface area contributed by atoms with Crippen LogP contribution in [-0.2, 0) is 13.1 Å². The highest BCUT2D eigenvalue weighted by molar-refractivity contribution is 5.59. The average Bonchev–Trinajstić information content (AvgIpc) is 2.59. The second-order valence-corrected chi connectivity index (χ2v) is 5.37. The second kappa shape index (κ2) is 9.16. The third-order valence-electron chi connectivity index (χ3n) is 3.84. The van der Waals surface area contributed by atoms with Crippen molar-refractivity contribution in [3.8, 4) is 5.75 Å². The topological polar surface area (TPSA) is 37.4 Å². The number of nitrogens with one attached hydrogen (secondary N) is 1. The van der Waals surface area contributed by atoms with Gasteiger partial charge in [-0.05, 0) is 56.2 Å². The lowest BCUT2D eigenvalue weighted by atomic mass is 10.1. The molecule has 1 N–H and O–H groups in total. The van der Waals surface area contributed by atoms with E-state index in [0.717, 1.165) is 31.9 Å². The molecule has 0 fully saturated rings. The van der Waals surface area contributed by atoms with Crippen LogP contribution in [0.4, 0.5) is 5.69 Å². The van der Waals surface area contributed by atoms with Crippen LogP contribution in [-0.4, -0.2) is 24.7 Å². The van der Waals surface area contributed by atoms with E-state index in [1.165, 1.54) is 16.8 Å². The zero-order chi connectivity index (χ0) is 16.5. The normalized spacial score (nSPS) is 10.6. The summed E-state index contributed by atoms with van der Waals surface area (Å²) in [6, 6.07) is 10.6. The zero-order valence-corrected chi connectivity index (χ0v) is 14.4. The first kappa shape index (κ1) is 17.3. The molecule has 124 valence electrons. The molecule has 0 amide bonds.